The Hall–Kier alpha value is -1.97. The minimum absolute atomic E-state index is 0.144. The molecule has 0 spiro atoms. The highest BCUT2D eigenvalue weighted by atomic mass is 16.6. The number of benzene rings is 1. The molecule has 0 aliphatic carbocycles. The van der Waals surface area contributed by atoms with Gasteiger partial charge in [-0.15, -0.1) is 0 Å². The summed E-state index contributed by atoms with van der Waals surface area (Å²) in [5.41, 5.74) is 2.41. The highest BCUT2D eigenvalue weighted by Gasteiger charge is 2.14. The predicted octanol–water partition coefficient (Wildman–Crippen LogP) is 4.62. The predicted molar refractivity (Wildman–Crippen MR) is 81.2 cm³/mol. The molecule has 1 aromatic rings. The van der Waals surface area contributed by atoms with Gasteiger partial charge in [-0.25, -0.2) is 0 Å². The minimum Gasteiger partial charge on any atom is -0.266 e. The maximum absolute atomic E-state index is 10.7. The monoisotopic (exact) mass is 272 g/mol. The molecule has 0 saturated heterocycles. The fourth-order valence-corrected chi connectivity index (χ4v) is 2.41. The highest BCUT2D eigenvalue weighted by molar-refractivity contribution is 5.63. The summed E-state index contributed by atoms with van der Waals surface area (Å²) in [7, 11) is 0. The molecule has 1 aliphatic rings. The van der Waals surface area contributed by atoms with Crippen molar-refractivity contribution >= 4 is 11.9 Å². The molecule has 20 heavy (non-hydrogen) atoms. The highest BCUT2D eigenvalue weighted by Crippen LogP contribution is 2.28. The number of nitro groups is 1. The lowest BCUT2D eigenvalue weighted by Gasteiger charge is -2.16. The van der Waals surface area contributed by atoms with Crippen LogP contribution in [-0.4, -0.2) is 11.1 Å². The van der Waals surface area contributed by atoms with E-state index in [-0.39, 0.29) is 10.6 Å². The Morgan fingerprint density at radius 2 is 2.05 bits per heavy atom. The van der Waals surface area contributed by atoms with Crippen LogP contribution in [0.3, 0.4) is 0 Å². The van der Waals surface area contributed by atoms with Crippen molar-refractivity contribution in [2.45, 2.75) is 44.9 Å². The third-order valence-corrected chi connectivity index (χ3v) is 3.58. The summed E-state index contributed by atoms with van der Waals surface area (Å²) >= 11 is 0. The van der Waals surface area contributed by atoms with Crippen LogP contribution in [0, 0.1) is 10.1 Å². The summed E-state index contributed by atoms with van der Waals surface area (Å²) in [6, 6.07) is 6.85. The Morgan fingerprint density at radius 1 is 1.30 bits per heavy atom. The van der Waals surface area contributed by atoms with Gasteiger partial charge in [0.05, 0.1) is 4.92 Å². The van der Waals surface area contributed by atoms with E-state index in [4.69, 9.17) is 0 Å². The number of allylic oxidation sites excluding steroid dienone is 2. The molecule has 1 heterocycles. The van der Waals surface area contributed by atoms with E-state index in [1.807, 2.05) is 18.3 Å². The molecule has 1 aliphatic heterocycles. The molecule has 2 rings (SSSR count). The number of hydrogen-bond donors (Lipinski definition) is 0. The van der Waals surface area contributed by atoms with Crippen molar-refractivity contribution in [3.63, 3.8) is 0 Å². The van der Waals surface area contributed by atoms with Gasteiger partial charge in [0, 0.05) is 30.0 Å². The zero-order valence-electron chi connectivity index (χ0n) is 11.8. The van der Waals surface area contributed by atoms with Crippen LogP contribution in [0.5, 0.6) is 0 Å². The molecule has 106 valence electrons. The molecule has 0 saturated carbocycles. The van der Waals surface area contributed by atoms with Crippen LogP contribution in [-0.2, 0) is 0 Å². The van der Waals surface area contributed by atoms with Crippen molar-refractivity contribution in [2.24, 2.45) is 4.99 Å². The normalized spacial score (nSPS) is 17.9. The van der Waals surface area contributed by atoms with E-state index in [0.29, 0.717) is 5.92 Å². The van der Waals surface area contributed by atoms with Crippen molar-refractivity contribution in [3.05, 3.63) is 51.7 Å². The zero-order chi connectivity index (χ0) is 14.4. The Bertz CT molecular complexity index is 518. The van der Waals surface area contributed by atoms with Gasteiger partial charge >= 0.3 is 0 Å². The standard InChI is InChI=1S/C16H20N2O2/c1-2-3-4-5-15-12-14(10-11-17-15)13-6-8-16(9-7-13)18(19)20/h6-9,11-12,14H,2-5,10H2,1H3. The number of unbranched alkanes of at least 4 members (excludes halogenated alkanes) is 2. The molecule has 4 nitrogen and oxygen atoms in total. The van der Waals surface area contributed by atoms with Gasteiger partial charge in [0.1, 0.15) is 0 Å². The van der Waals surface area contributed by atoms with Gasteiger partial charge in [0.2, 0.25) is 0 Å². The summed E-state index contributed by atoms with van der Waals surface area (Å²) in [4.78, 5) is 14.7. The molecule has 1 unspecified atom stereocenters. The van der Waals surface area contributed by atoms with Gasteiger partial charge < -0.3 is 0 Å². The second kappa shape index (κ2) is 6.98. The molecule has 0 amide bonds. The molecule has 0 bridgehead atoms. The van der Waals surface area contributed by atoms with Gasteiger partial charge in [-0.3, -0.25) is 15.1 Å². The second-order valence-corrected chi connectivity index (χ2v) is 5.12. The van der Waals surface area contributed by atoms with Crippen LogP contribution in [0.15, 0.2) is 41.0 Å². The summed E-state index contributed by atoms with van der Waals surface area (Å²) in [6.45, 7) is 2.19. The van der Waals surface area contributed by atoms with E-state index in [2.05, 4.69) is 18.0 Å². The summed E-state index contributed by atoms with van der Waals surface area (Å²) < 4.78 is 0. The molecular weight excluding hydrogens is 252 g/mol. The summed E-state index contributed by atoms with van der Waals surface area (Å²) in [6.07, 6.45) is 9.68. The number of nitrogens with zero attached hydrogens (tertiary/aromatic N) is 2. The van der Waals surface area contributed by atoms with Crippen molar-refractivity contribution in [2.75, 3.05) is 0 Å². The van der Waals surface area contributed by atoms with Crippen molar-refractivity contribution in [1.29, 1.82) is 0 Å². The van der Waals surface area contributed by atoms with E-state index in [1.165, 1.54) is 19.3 Å². The average Bonchev–Trinajstić information content (AvgIpc) is 2.48. The third-order valence-electron chi connectivity index (χ3n) is 3.58. The maximum atomic E-state index is 10.7. The third kappa shape index (κ3) is 3.76. The summed E-state index contributed by atoms with van der Waals surface area (Å²) in [5.74, 6) is 0.296. The first kappa shape index (κ1) is 14.4. The van der Waals surface area contributed by atoms with E-state index in [9.17, 15) is 10.1 Å². The Morgan fingerprint density at radius 3 is 2.70 bits per heavy atom. The Balaban J connectivity index is 2.04. The molecule has 1 atom stereocenters. The van der Waals surface area contributed by atoms with Crippen molar-refractivity contribution < 1.29 is 4.92 Å². The van der Waals surface area contributed by atoms with Gasteiger partial charge in [-0.1, -0.05) is 38.0 Å². The lowest BCUT2D eigenvalue weighted by atomic mass is 9.92. The van der Waals surface area contributed by atoms with Crippen LogP contribution in [0.2, 0.25) is 0 Å². The van der Waals surface area contributed by atoms with Gasteiger partial charge in [0.25, 0.3) is 5.69 Å². The average molecular weight is 272 g/mol. The van der Waals surface area contributed by atoms with E-state index >= 15 is 0 Å². The van der Waals surface area contributed by atoms with E-state index in [1.54, 1.807) is 12.1 Å². The molecule has 0 fully saturated rings. The zero-order valence-corrected chi connectivity index (χ0v) is 11.8. The molecule has 0 N–H and O–H groups in total. The lowest BCUT2D eigenvalue weighted by molar-refractivity contribution is -0.384. The quantitative estimate of drug-likeness (QED) is 0.431. The smallest absolute Gasteiger partial charge is 0.266 e. The number of hydrogen-bond acceptors (Lipinski definition) is 3. The van der Waals surface area contributed by atoms with Crippen molar-refractivity contribution in [1.82, 2.24) is 0 Å². The summed E-state index contributed by atoms with van der Waals surface area (Å²) in [5, 5.41) is 10.7. The number of non-ortho nitro benzene ring substituents is 1. The molecule has 0 aromatic heterocycles. The van der Waals surface area contributed by atoms with Crippen LogP contribution in [0.4, 0.5) is 5.69 Å². The SMILES string of the molecule is CCCCCC1=CC(c2ccc([N+](=O)[O-])cc2)CC=N1. The van der Waals surface area contributed by atoms with Crippen LogP contribution in [0.25, 0.3) is 0 Å². The van der Waals surface area contributed by atoms with Crippen molar-refractivity contribution in [3.8, 4) is 0 Å². The van der Waals surface area contributed by atoms with Crippen LogP contribution in [0.1, 0.15) is 50.5 Å². The largest absolute Gasteiger partial charge is 0.269 e. The maximum Gasteiger partial charge on any atom is 0.269 e. The number of rotatable bonds is 6. The Kier molecular flexibility index (Phi) is 5.04. The molecule has 4 heteroatoms. The molecule has 1 aromatic carbocycles. The first-order chi connectivity index (χ1) is 9.70. The minimum atomic E-state index is -0.363. The first-order valence-electron chi connectivity index (χ1n) is 7.18. The van der Waals surface area contributed by atoms with Gasteiger partial charge in [-0.05, 0) is 24.8 Å². The molecule has 0 radical (unpaired) electrons. The van der Waals surface area contributed by atoms with Gasteiger partial charge in [-0.2, -0.15) is 0 Å². The number of nitro benzene ring substituents is 1. The van der Waals surface area contributed by atoms with Crippen LogP contribution < -0.4 is 0 Å². The van der Waals surface area contributed by atoms with E-state index in [0.717, 1.165) is 24.1 Å². The first-order valence-corrected chi connectivity index (χ1v) is 7.18. The fourth-order valence-electron chi connectivity index (χ4n) is 2.41. The Labute approximate surface area is 119 Å². The van der Waals surface area contributed by atoms with Crippen LogP contribution >= 0.6 is 0 Å². The number of aliphatic imine (C=N–C) groups is 1. The molecular formula is C16H20N2O2. The van der Waals surface area contributed by atoms with Gasteiger partial charge in [0.15, 0.2) is 0 Å². The topological polar surface area (TPSA) is 55.5 Å². The fraction of sp³-hybridized carbons (Fsp3) is 0.438. The van der Waals surface area contributed by atoms with E-state index < -0.39 is 0 Å². The lowest BCUT2D eigenvalue weighted by Crippen LogP contribution is -2.02. The second-order valence-electron chi connectivity index (χ2n) is 5.12.